The molecular weight excluding hydrogens is 295 g/mol. The third-order valence-corrected chi connectivity index (χ3v) is 3.22. The van der Waals surface area contributed by atoms with E-state index in [-0.39, 0.29) is 22.9 Å². The number of carbonyl (C=O) groups is 1. The Labute approximate surface area is 118 Å². The monoisotopic (exact) mass is 307 g/mol. The van der Waals surface area contributed by atoms with Crippen LogP contribution in [0.1, 0.15) is 18.9 Å². The predicted molar refractivity (Wildman–Crippen MR) is 68.7 cm³/mol. The number of rotatable bonds is 2. The van der Waals surface area contributed by atoms with E-state index in [0.717, 1.165) is 12.1 Å². The second-order valence-electron chi connectivity index (χ2n) is 4.67. The highest BCUT2D eigenvalue weighted by atomic mass is 35.5. The molecule has 1 aromatic rings. The van der Waals surface area contributed by atoms with Gasteiger partial charge >= 0.3 is 6.18 Å². The molecule has 1 atom stereocenters. The van der Waals surface area contributed by atoms with Gasteiger partial charge in [0.2, 0.25) is 5.91 Å². The Morgan fingerprint density at radius 3 is 2.80 bits per heavy atom. The summed E-state index contributed by atoms with van der Waals surface area (Å²) in [6.07, 6.45) is -3.80. The van der Waals surface area contributed by atoms with E-state index in [1.807, 2.05) is 0 Å². The van der Waals surface area contributed by atoms with Crippen molar-refractivity contribution in [2.45, 2.75) is 25.6 Å². The van der Waals surface area contributed by atoms with E-state index in [1.165, 1.54) is 6.92 Å². The Kier molecular flexibility index (Phi) is 4.08. The lowest BCUT2D eigenvalue weighted by Gasteiger charge is -2.19. The quantitative estimate of drug-likeness (QED) is 0.854. The standard InChI is InChI=1S/C12H13ClF3N3O/c1-7(20)17-9-2-3-19(6-9)11-5-8(12(14,15)16)4-10(13)18-11/h4-5,9H,2-3,6H2,1H3,(H,17,20). The van der Waals surface area contributed by atoms with Gasteiger partial charge in [0.15, 0.2) is 0 Å². The molecule has 1 unspecified atom stereocenters. The summed E-state index contributed by atoms with van der Waals surface area (Å²) in [7, 11) is 0. The van der Waals surface area contributed by atoms with E-state index >= 15 is 0 Å². The molecule has 2 heterocycles. The fourth-order valence-electron chi connectivity index (χ4n) is 2.18. The topological polar surface area (TPSA) is 45.2 Å². The van der Waals surface area contributed by atoms with Gasteiger partial charge < -0.3 is 10.2 Å². The summed E-state index contributed by atoms with van der Waals surface area (Å²) in [5.74, 6) is 0.0181. The van der Waals surface area contributed by atoms with Gasteiger partial charge in [-0.3, -0.25) is 4.79 Å². The summed E-state index contributed by atoms with van der Waals surface area (Å²) in [4.78, 5) is 16.6. The molecule has 1 saturated heterocycles. The Bertz CT molecular complexity index is 521. The molecule has 8 heteroatoms. The maximum Gasteiger partial charge on any atom is 0.416 e. The molecule has 0 spiro atoms. The predicted octanol–water partition coefficient (Wildman–Crippen LogP) is 2.47. The molecule has 1 aliphatic heterocycles. The number of hydrogen-bond donors (Lipinski definition) is 1. The maximum atomic E-state index is 12.7. The summed E-state index contributed by atoms with van der Waals surface area (Å²) in [6, 6.07) is 1.69. The zero-order chi connectivity index (χ0) is 14.9. The van der Waals surface area contributed by atoms with Gasteiger partial charge in [0.1, 0.15) is 11.0 Å². The van der Waals surface area contributed by atoms with Crippen LogP contribution in [0.4, 0.5) is 19.0 Å². The minimum Gasteiger partial charge on any atom is -0.354 e. The zero-order valence-electron chi connectivity index (χ0n) is 10.7. The summed E-state index contributed by atoms with van der Waals surface area (Å²) in [5.41, 5.74) is -0.824. The van der Waals surface area contributed by atoms with Gasteiger partial charge in [-0.2, -0.15) is 13.2 Å². The van der Waals surface area contributed by atoms with Crippen LogP contribution < -0.4 is 10.2 Å². The Hall–Kier alpha value is -1.50. The molecule has 0 bridgehead atoms. The van der Waals surface area contributed by atoms with Crippen molar-refractivity contribution in [1.29, 1.82) is 0 Å². The highest BCUT2D eigenvalue weighted by molar-refractivity contribution is 6.29. The molecule has 0 radical (unpaired) electrons. The normalized spacial score (nSPS) is 19.2. The molecule has 1 amide bonds. The molecule has 1 fully saturated rings. The number of hydrogen-bond acceptors (Lipinski definition) is 3. The number of aromatic nitrogens is 1. The number of amides is 1. The molecule has 2 rings (SSSR count). The number of alkyl halides is 3. The van der Waals surface area contributed by atoms with Crippen molar-refractivity contribution in [3.05, 3.63) is 22.8 Å². The highest BCUT2D eigenvalue weighted by Gasteiger charge is 2.33. The second-order valence-corrected chi connectivity index (χ2v) is 5.05. The van der Waals surface area contributed by atoms with Crippen LogP contribution in [0.2, 0.25) is 5.15 Å². The Morgan fingerprint density at radius 1 is 1.50 bits per heavy atom. The van der Waals surface area contributed by atoms with Crippen LogP contribution in [-0.2, 0) is 11.0 Å². The molecule has 4 nitrogen and oxygen atoms in total. The number of pyridine rings is 1. The largest absolute Gasteiger partial charge is 0.416 e. The SMILES string of the molecule is CC(=O)NC1CCN(c2cc(C(F)(F)F)cc(Cl)n2)C1. The lowest BCUT2D eigenvalue weighted by atomic mass is 10.2. The van der Waals surface area contributed by atoms with Crippen LogP contribution in [0, 0.1) is 0 Å². The number of carbonyl (C=O) groups excluding carboxylic acids is 1. The first kappa shape index (κ1) is 14.9. The van der Waals surface area contributed by atoms with Crippen molar-refractivity contribution < 1.29 is 18.0 Å². The number of nitrogens with one attached hydrogen (secondary N) is 1. The van der Waals surface area contributed by atoms with Gasteiger partial charge in [0.25, 0.3) is 0 Å². The average molecular weight is 308 g/mol. The van der Waals surface area contributed by atoms with Gasteiger partial charge in [-0.15, -0.1) is 0 Å². The van der Waals surface area contributed by atoms with Gasteiger partial charge in [-0.05, 0) is 18.6 Å². The van der Waals surface area contributed by atoms with Crippen molar-refractivity contribution in [1.82, 2.24) is 10.3 Å². The fourth-order valence-corrected chi connectivity index (χ4v) is 2.39. The first-order chi connectivity index (χ1) is 9.25. The molecule has 1 aromatic heterocycles. The fraction of sp³-hybridized carbons (Fsp3) is 0.500. The van der Waals surface area contributed by atoms with E-state index in [4.69, 9.17) is 11.6 Å². The molecular formula is C12H13ClF3N3O. The average Bonchev–Trinajstić information content (AvgIpc) is 2.74. The highest BCUT2D eigenvalue weighted by Crippen LogP contribution is 2.33. The van der Waals surface area contributed by atoms with Crippen molar-refractivity contribution in [2.75, 3.05) is 18.0 Å². The third-order valence-electron chi connectivity index (χ3n) is 3.03. The van der Waals surface area contributed by atoms with E-state index < -0.39 is 11.7 Å². The zero-order valence-corrected chi connectivity index (χ0v) is 11.4. The molecule has 0 aliphatic carbocycles. The summed E-state index contributed by atoms with van der Waals surface area (Å²) in [6.45, 7) is 2.35. The van der Waals surface area contributed by atoms with E-state index in [1.54, 1.807) is 4.90 Å². The minimum absolute atomic E-state index is 0.0809. The van der Waals surface area contributed by atoms with Crippen LogP contribution in [0.25, 0.3) is 0 Å². The molecule has 0 aromatic carbocycles. The van der Waals surface area contributed by atoms with E-state index in [9.17, 15) is 18.0 Å². The summed E-state index contributed by atoms with van der Waals surface area (Å²) >= 11 is 5.65. The first-order valence-electron chi connectivity index (χ1n) is 6.02. The van der Waals surface area contributed by atoms with E-state index in [0.29, 0.717) is 19.5 Å². The third kappa shape index (κ3) is 3.53. The Morgan fingerprint density at radius 2 is 2.20 bits per heavy atom. The van der Waals surface area contributed by atoms with Crippen molar-refractivity contribution in [3.63, 3.8) is 0 Å². The van der Waals surface area contributed by atoms with Gasteiger partial charge in [0.05, 0.1) is 5.56 Å². The van der Waals surface area contributed by atoms with Gasteiger partial charge in [-0.25, -0.2) is 4.98 Å². The summed E-state index contributed by atoms with van der Waals surface area (Å²) < 4.78 is 38.2. The Balaban J connectivity index is 2.18. The van der Waals surface area contributed by atoms with Crippen molar-refractivity contribution >= 4 is 23.3 Å². The van der Waals surface area contributed by atoms with Gasteiger partial charge in [-0.1, -0.05) is 11.6 Å². The molecule has 20 heavy (non-hydrogen) atoms. The molecule has 0 saturated carbocycles. The maximum absolute atomic E-state index is 12.7. The number of anilines is 1. The van der Waals surface area contributed by atoms with Crippen LogP contribution in [-0.4, -0.2) is 30.0 Å². The molecule has 1 N–H and O–H groups in total. The second kappa shape index (κ2) is 5.47. The van der Waals surface area contributed by atoms with Gasteiger partial charge in [0, 0.05) is 26.1 Å². The lowest BCUT2D eigenvalue weighted by Crippen LogP contribution is -2.35. The van der Waals surface area contributed by atoms with Crippen LogP contribution in [0.15, 0.2) is 12.1 Å². The molecule has 1 aliphatic rings. The minimum atomic E-state index is -4.46. The lowest BCUT2D eigenvalue weighted by molar-refractivity contribution is -0.137. The van der Waals surface area contributed by atoms with Crippen LogP contribution in [0.5, 0.6) is 0 Å². The summed E-state index contributed by atoms with van der Waals surface area (Å²) in [5, 5.41) is 2.54. The van der Waals surface area contributed by atoms with E-state index in [2.05, 4.69) is 10.3 Å². The van der Waals surface area contributed by atoms with Crippen molar-refractivity contribution in [3.8, 4) is 0 Å². The first-order valence-corrected chi connectivity index (χ1v) is 6.40. The van der Waals surface area contributed by atoms with Crippen LogP contribution >= 0.6 is 11.6 Å². The van der Waals surface area contributed by atoms with Crippen molar-refractivity contribution in [2.24, 2.45) is 0 Å². The molecule has 110 valence electrons. The number of nitrogens with zero attached hydrogens (tertiary/aromatic N) is 2. The number of halogens is 4. The smallest absolute Gasteiger partial charge is 0.354 e. The van der Waals surface area contributed by atoms with Crippen LogP contribution in [0.3, 0.4) is 0 Å².